The molecule has 0 aromatic carbocycles. The predicted octanol–water partition coefficient (Wildman–Crippen LogP) is 6.58. The van der Waals surface area contributed by atoms with Gasteiger partial charge >= 0.3 is 22.8 Å². The maximum Gasteiger partial charge on any atom is 0.338 e. The summed E-state index contributed by atoms with van der Waals surface area (Å²) in [7, 11) is -10.6. The van der Waals surface area contributed by atoms with Crippen LogP contribution in [-0.2, 0) is 59.3 Å². The van der Waals surface area contributed by atoms with Crippen LogP contribution < -0.4 is 0 Å². The highest BCUT2D eigenvalue weighted by molar-refractivity contribution is 7.53. The molecule has 1 aromatic heterocycles. The third-order valence-corrected chi connectivity index (χ3v) is 10.1. The molecule has 0 aliphatic rings. The Balaban J connectivity index is 3.46. The van der Waals surface area contributed by atoms with Crippen molar-refractivity contribution in [1.29, 1.82) is 0 Å². The number of hydrogen-bond donors (Lipinski definition) is 0. The van der Waals surface area contributed by atoms with E-state index in [1.807, 2.05) is 0 Å². The summed E-state index contributed by atoms with van der Waals surface area (Å²) < 4.78 is 77.6. The predicted molar refractivity (Wildman–Crippen MR) is 122 cm³/mol. The van der Waals surface area contributed by atoms with E-state index < -0.39 is 22.8 Å². The van der Waals surface area contributed by atoms with E-state index in [1.54, 1.807) is 41.5 Å². The summed E-state index contributed by atoms with van der Waals surface area (Å²) in [6.45, 7) is 11.4. The van der Waals surface area contributed by atoms with Crippen LogP contribution in [0.15, 0.2) is 10.7 Å². The first kappa shape index (κ1) is 29.8. The van der Waals surface area contributed by atoms with Crippen molar-refractivity contribution >= 4 is 22.8 Å². The molecule has 1 heterocycles. The molecule has 0 N–H and O–H groups in total. The first-order valence-electron chi connectivity index (χ1n) is 10.9. The summed E-state index contributed by atoms with van der Waals surface area (Å²) in [5, 5.41) is 0. The second kappa shape index (κ2) is 14.2. The minimum absolute atomic E-state index is 0.112. The zero-order chi connectivity index (χ0) is 24.3. The second-order valence-corrected chi connectivity index (χ2v) is 12.6. The molecular weight excluding hydrogens is 481 g/mol. The molecule has 0 saturated heterocycles. The lowest BCUT2D eigenvalue weighted by molar-refractivity contribution is 0.215. The van der Waals surface area contributed by atoms with Crippen LogP contribution in [0.2, 0.25) is 0 Å². The van der Waals surface area contributed by atoms with E-state index in [-0.39, 0.29) is 63.9 Å². The van der Waals surface area contributed by atoms with Crippen molar-refractivity contribution in [3.8, 4) is 0 Å². The van der Waals surface area contributed by atoms with E-state index in [9.17, 15) is 13.7 Å². The molecule has 0 radical (unpaired) electrons. The van der Waals surface area contributed by atoms with Gasteiger partial charge in [0, 0.05) is 11.1 Å². The van der Waals surface area contributed by atoms with Crippen LogP contribution in [0.5, 0.6) is 0 Å². The van der Waals surface area contributed by atoms with Crippen molar-refractivity contribution in [2.45, 2.75) is 60.0 Å². The Morgan fingerprint density at radius 1 is 0.594 bits per heavy atom. The van der Waals surface area contributed by atoms with E-state index in [2.05, 4.69) is 0 Å². The van der Waals surface area contributed by atoms with Crippen molar-refractivity contribution in [2.24, 2.45) is 0 Å². The average molecular weight is 518 g/mol. The molecular formula is C19H37O10P3. The lowest BCUT2D eigenvalue weighted by Gasteiger charge is -2.21. The van der Waals surface area contributed by atoms with Crippen LogP contribution in [0.4, 0.5) is 0 Å². The Kier molecular flexibility index (Phi) is 13.2. The summed E-state index contributed by atoms with van der Waals surface area (Å²) in [6, 6.07) is 0. The molecule has 0 spiro atoms. The van der Waals surface area contributed by atoms with Gasteiger partial charge in [-0.3, -0.25) is 13.7 Å². The van der Waals surface area contributed by atoms with E-state index in [4.69, 9.17) is 31.6 Å². The smallest absolute Gasteiger partial charge is 0.338 e. The SMILES string of the molecule is CCOP(=O)(Cc1coc(CP(=O)(OCC)OCC)c1CP(=O)(OCC)OCC)OCC. The van der Waals surface area contributed by atoms with Gasteiger partial charge in [-0.15, -0.1) is 0 Å². The van der Waals surface area contributed by atoms with E-state index in [1.165, 1.54) is 6.26 Å². The fourth-order valence-electron chi connectivity index (χ4n) is 3.06. The zero-order valence-electron chi connectivity index (χ0n) is 19.9. The van der Waals surface area contributed by atoms with Crippen molar-refractivity contribution in [2.75, 3.05) is 39.6 Å². The monoisotopic (exact) mass is 518 g/mol. The Labute approximate surface area is 191 Å². The van der Waals surface area contributed by atoms with Gasteiger partial charge in [0.2, 0.25) is 0 Å². The molecule has 0 aliphatic carbocycles. The quantitative estimate of drug-likeness (QED) is 0.197. The Bertz CT molecular complexity index is 743. The first-order valence-corrected chi connectivity index (χ1v) is 16.0. The van der Waals surface area contributed by atoms with Crippen LogP contribution >= 0.6 is 22.8 Å². The average Bonchev–Trinajstić information content (AvgIpc) is 3.03. The normalized spacial score (nSPS) is 13.1. The lowest BCUT2D eigenvalue weighted by Crippen LogP contribution is -2.05. The molecule has 188 valence electrons. The van der Waals surface area contributed by atoms with E-state index >= 15 is 0 Å². The number of hydrogen-bond acceptors (Lipinski definition) is 10. The van der Waals surface area contributed by atoms with Crippen molar-refractivity contribution in [3.05, 3.63) is 23.2 Å². The highest BCUT2D eigenvalue weighted by Crippen LogP contribution is 2.58. The zero-order valence-corrected chi connectivity index (χ0v) is 22.5. The minimum Gasteiger partial charge on any atom is -0.468 e. The summed E-state index contributed by atoms with van der Waals surface area (Å²) in [5.74, 6) is 0.240. The van der Waals surface area contributed by atoms with Crippen LogP contribution in [0.3, 0.4) is 0 Å². The first-order chi connectivity index (χ1) is 15.1. The van der Waals surface area contributed by atoms with Crippen LogP contribution in [0, 0.1) is 0 Å². The van der Waals surface area contributed by atoms with Gasteiger partial charge in [-0.1, -0.05) is 0 Å². The molecule has 13 heteroatoms. The minimum atomic E-state index is -3.56. The molecule has 0 aliphatic heterocycles. The van der Waals surface area contributed by atoms with Gasteiger partial charge in [0.25, 0.3) is 0 Å². The molecule has 10 nitrogen and oxygen atoms in total. The van der Waals surface area contributed by atoms with Gasteiger partial charge in [-0.2, -0.15) is 0 Å². The Morgan fingerprint density at radius 3 is 1.31 bits per heavy atom. The molecule has 0 amide bonds. The maximum atomic E-state index is 13.3. The molecule has 0 atom stereocenters. The van der Waals surface area contributed by atoms with Crippen LogP contribution in [0.1, 0.15) is 58.4 Å². The summed E-state index contributed by atoms with van der Waals surface area (Å²) in [5.41, 5.74) is 0.860. The fraction of sp³-hybridized carbons (Fsp3) is 0.789. The molecule has 0 fully saturated rings. The third kappa shape index (κ3) is 9.17. The maximum absolute atomic E-state index is 13.3. The topological polar surface area (TPSA) is 120 Å². The molecule has 1 rings (SSSR count). The molecule has 0 bridgehead atoms. The number of furan rings is 1. The van der Waals surface area contributed by atoms with Crippen LogP contribution in [-0.4, -0.2) is 39.6 Å². The molecule has 32 heavy (non-hydrogen) atoms. The van der Waals surface area contributed by atoms with Crippen molar-refractivity contribution < 1.29 is 45.3 Å². The van der Waals surface area contributed by atoms with Gasteiger partial charge in [0.15, 0.2) is 0 Å². The van der Waals surface area contributed by atoms with Crippen molar-refractivity contribution in [3.63, 3.8) is 0 Å². The van der Waals surface area contributed by atoms with Gasteiger partial charge in [0.05, 0.1) is 58.2 Å². The third-order valence-electron chi connectivity index (χ3n) is 4.08. The summed E-state index contributed by atoms with van der Waals surface area (Å²) >= 11 is 0. The standard InChI is InChI=1S/C19H37O10P3/c1-7-24-30(20,25-8-2)14-17-13-23-19(16-32(22,28-11-5)29-12-6)18(17)15-31(21,26-9-3)27-10-4/h13H,7-12,14-16H2,1-6H3. The van der Waals surface area contributed by atoms with Gasteiger partial charge < -0.3 is 31.6 Å². The molecule has 1 aromatic rings. The number of rotatable bonds is 18. The second-order valence-electron chi connectivity index (χ2n) is 6.48. The summed E-state index contributed by atoms with van der Waals surface area (Å²) in [4.78, 5) is 0. The highest BCUT2D eigenvalue weighted by atomic mass is 31.2. The van der Waals surface area contributed by atoms with Gasteiger partial charge in [0.1, 0.15) is 11.9 Å². The Morgan fingerprint density at radius 2 is 0.938 bits per heavy atom. The largest absolute Gasteiger partial charge is 0.468 e. The molecule has 0 unspecified atom stereocenters. The van der Waals surface area contributed by atoms with E-state index in [0.29, 0.717) is 11.1 Å². The Hall–Kier alpha value is -0.270. The van der Waals surface area contributed by atoms with Crippen molar-refractivity contribution in [1.82, 2.24) is 0 Å². The van der Waals surface area contributed by atoms with Gasteiger partial charge in [-0.05, 0) is 41.5 Å². The lowest BCUT2D eigenvalue weighted by atomic mass is 10.2. The highest BCUT2D eigenvalue weighted by Gasteiger charge is 2.35. The molecule has 0 saturated carbocycles. The fourth-order valence-corrected chi connectivity index (χ4v) is 8.26. The van der Waals surface area contributed by atoms with E-state index in [0.717, 1.165) is 0 Å². The van der Waals surface area contributed by atoms with Crippen LogP contribution in [0.25, 0.3) is 0 Å². The summed E-state index contributed by atoms with van der Waals surface area (Å²) in [6.07, 6.45) is 0.918. The van der Waals surface area contributed by atoms with Gasteiger partial charge in [-0.25, -0.2) is 0 Å².